The van der Waals surface area contributed by atoms with Crippen LogP contribution in [0.3, 0.4) is 0 Å². The van der Waals surface area contributed by atoms with Gasteiger partial charge in [0.15, 0.2) is 0 Å². The predicted octanol–water partition coefficient (Wildman–Crippen LogP) is 9.99. The van der Waals surface area contributed by atoms with Crippen molar-refractivity contribution in [2.45, 2.75) is 37.7 Å². The Bertz CT molecular complexity index is 1990. The first-order valence-corrected chi connectivity index (χ1v) is 18.1. The lowest BCUT2D eigenvalue weighted by molar-refractivity contribution is 0.0658. The summed E-state index contributed by atoms with van der Waals surface area (Å²) in [5, 5.41) is 17.6. The molecule has 1 unspecified atom stereocenters. The van der Waals surface area contributed by atoms with Gasteiger partial charge < -0.3 is 14.9 Å². The Hall–Kier alpha value is -3.96. The number of hydrogen-bond acceptors (Lipinski definition) is 3. The van der Waals surface area contributed by atoms with Crippen LogP contribution in [0.1, 0.15) is 47.1 Å². The van der Waals surface area contributed by atoms with Gasteiger partial charge in [0, 0.05) is 29.8 Å². The van der Waals surface area contributed by atoms with Crippen molar-refractivity contribution in [3.05, 3.63) is 160 Å². The topological polar surface area (TPSA) is 26.7 Å². The Labute approximate surface area is 294 Å². The van der Waals surface area contributed by atoms with Crippen molar-refractivity contribution in [3.63, 3.8) is 0 Å². The lowest BCUT2D eigenvalue weighted by Crippen LogP contribution is -2.35. The first-order chi connectivity index (χ1) is 23.4. The fourth-order valence-electron chi connectivity index (χ4n) is 7.72. The van der Waals surface area contributed by atoms with Crippen molar-refractivity contribution >= 4 is 43.2 Å². The van der Waals surface area contributed by atoms with Gasteiger partial charge in [0.2, 0.25) is 0 Å². The van der Waals surface area contributed by atoms with Crippen LogP contribution in [0, 0.1) is 5.92 Å². The van der Waals surface area contributed by atoms with Gasteiger partial charge in [-0.3, -0.25) is 0 Å². The third-order valence-electron chi connectivity index (χ3n) is 10.3. The minimum Gasteiger partial charge on any atom is -0.380 e. The van der Waals surface area contributed by atoms with E-state index in [-0.39, 0.29) is 0 Å². The maximum atomic E-state index is 13.1. The molecule has 0 spiro atoms. The van der Waals surface area contributed by atoms with Crippen LogP contribution in [-0.4, -0.2) is 43.7 Å². The van der Waals surface area contributed by atoms with E-state index in [1.807, 2.05) is 0 Å². The molecule has 0 radical (unpaired) electrons. The van der Waals surface area contributed by atoms with Crippen molar-refractivity contribution in [1.82, 2.24) is 4.90 Å². The number of hydrogen-bond donors (Lipinski definition) is 1. The number of aliphatic hydroxyl groups is 1. The molecule has 0 aliphatic carbocycles. The molecule has 4 heteroatoms. The smallest absolute Gasteiger partial charge is 0.117 e. The number of halogens is 1. The monoisotopic (exact) mass is 696 g/mol. The summed E-state index contributed by atoms with van der Waals surface area (Å²) in [6.07, 6.45) is 4.93. The van der Waals surface area contributed by atoms with Gasteiger partial charge >= 0.3 is 0 Å². The van der Waals surface area contributed by atoms with E-state index in [2.05, 4.69) is 167 Å². The Morgan fingerprint density at radius 3 is 2.10 bits per heavy atom. The molecule has 48 heavy (non-hydrogen) atoms. The zero-order valence-electron chi connectivity index (χ0n) is 28.1. The molecule has 0 aromatic heterocycles. The fraction of sp³-hybridized carbons (Fsp3) is 0.273. The maximum absolute atomic E-state index is 13.1. The third kappa shape index (κ3) is 6.94. The van der Waals surface area contributed by atoms with Gasteiger partial charge in [-0.1, -0.05) is 119 Å². The highest BCUT2D eigenvalue weighted by atomic mass is 79.9. The summed E-state index contributed by atoms with van der Waals surface area (Å²) in [6.45, 7) is 2.82. The largest absolute Gasteiger partial charge is 0.380 e. The molecule has 7 rings (SSSR count). The summed E-state index contributed by atoms with van der Waals surface area (Å²) in [5.74, 6) is 0.690. The molecule has 6 aromatic carbocycles. The zero-order chi connectivity index (χ0) is 33.1. The molecule has 0 amide bonds. The van der Waals surface area contributed by atoms with Crippen molar-refractivity contribution in [2.75, 3.05) is 38.6 Å². The van der Waals surface area contributed by atoms with Crippen LogP contribution in [0.5, 0.6) is 0 Å². The molecule has 1 atom stereocenters. The van der Waals surface area contributed by atoms with E-state index in [1.165, 1.54) is 35.2 Å². The van der Waals surface area contributed by atoms with Gasteiger partial charge in [-0.05, 0) is 126 Å². The average Bonchev–Trinajstić information content (AvgIpc) is 3.11. The van der Waals surface area contributed by atoms with E-state index in [9.17, 15) is 5.11 Å². The number of fused-ring (bicyclic) bond motifs is 2. The Morgan fingerprint density at radius 1 is 0.708 bits per heavy atom. The lowest BCUT2D eigenvalue weighted by atomic mass is 9.78. The highest BCUT2D eigenvalue weighted by molar-refractivity contribution is 9.10. The molecule has 1 saturated heterocycles. The van der Waals surface area contributed by atoms with Crippen molar-refractivity contribution in [2.24, 2.45) is 5.92 Å². The fourth-order valence-corrected chi connectivity index (χ4v) is 8.19. The molecule has 3 nitrogen and oxygen atoms in total. The summed E-state index contributed by atoms with van der Waals surface area (Å²) < 4.78 is 0.980. The lowest BCUT2D eigenvalue weighted by Gasteiger charge is -2.36. The number of benzene rings is 6. The quantitative estimate of drug-likeness (QED) is 0.154. The Balaban J connectivity index is 1.35. The number of nitrogens with zero attached hydrogens (tertiary/aromatic N) is 2. The second-order valence-corrected chi connectivity index (χ2v) is 14.8. The molecule has 244 valence electrons. The number of piperidine rings is 1. The van der Waals surface area contributed by atoms with Gasteiger partial charge in [-0.25, -0.2) is 0 Å². The summed E-state index contributed by atoms with van der Waals surface area (Å²) in [5.41, 5.74) is 6.09. The minimum atomic E-state index is -1.20. The van der Waals surface area contributed by atoms with Crippen LogP contribution in [0.15, 0.2) is 132 Å². The highest BCUT2D eigenvalue weighted by Crippen LogP contribution is 2.44. The molecule has 0 saturated carbocycles. The second kappa shape index (κ2) is 14.3. The summed E-state index contributed by atoms with van der Waals surface area (Å²) in [4.78, 5) is 4.78. The number of anilines is 1. The second-order valence-electron chi connectivity index (χ2n) is 13.9. The van der Waals surface area contributed by atoms with Gasteiger partial charge in [-0.15, -0.1) is 0 Å². The van der Waals surface area contributed by atoms with Crippen molar-refractivity contribution in [3.8, 4) is 0 Å². The first kappa shape index (κ1) is 32.6. The standard InChI is InChI=1S/C44H45BrN2O/c1-46(2)25-22-44(48,41-19-11-17-35-16-9-10-18-39(35)41)42-30-38(45)29-36-28-37(27-33-14-7-4-8-15-33)43(31-40(36)42)47-23-20-34(21-24-47)26-32-12-5-3-6-13-32/h3-19,28-31,34,48H,20-27H2,1-2H3. The SMILES string of the molecule is CN(C)CCC(O)(c1cccc2ccccc12)c1cc(Br)cc2cc(Cc3ccccc3)c(N3CCC(Cc4ccccc4)CC3)cc12. The van der Waals surface area contributed by atoms with E-state index >= 15 is 0 Å². The molecule has 1 aliphatic rings. The summed E-state index contributed by atoms with van der Waals surface area (Å²) in [6, 6.07) is 45.7. The van der Waals surface area contributed by atoms with Crippen molar-refractivity contribution < 1.29 is 5.11 Å². The normalized spacial score (nSPS) is 15.3. The molecule has 1 fully saturated rings. The first-order valence-electron chi connectivity index (χ1n) is 17.3. The van der Waals surface area contributed by atoms with E-state index in [1.54, 1.807) is 0 Å². The van der Waals surface area contributed by atoms with E-state index in [0.29, 0.717) is 12.3 Å². The maximum Gasteiger partial charge on any atom is 0.117 e. The molecule has 1 aliphatic heterocycles. The van der Waals surface area contributed by atoms with Crippen LogP contribution in [0.25, 0.3) is 21.5 Å². The van der Waals surface area contributed by atoms with Crippen LogP contribution in [-0.2, 0) is 18.4 Å². The van der Waals surface area contributed by atoms with Gasteiger partial charge in [0.05, 0.1) is 0 Å². The predicted molar refractivity (Wildman–Crippen MR) is 206 cm³/mol. The summed E-state index contributed by atoms with van der Waals surface area (Å²) in [7, 11) is 4.16. The van der Waals surface area contributed by atoms with Gasteiger partial charge in [0.1, 0.15) is 5.60 Å². The molecular formula is C44H45BrN2O. The molecule has 1 N–H and O–H groups in total. The summed E-state index contributed by atoms with van der Waals surface area (Å²) >= 11 is 3.87. The van der Waals surface area contributed by atoms with Gasteiger partial charge in [-0.2, -0.15) is 0 Å². The highest BCUT2D eigenvalue weighted by Gasteiger charge is 2.35. The Kier molecular flexibility index (Phi) is 9.68. The minimum absolute atomic E-state index is 0.575. The van der Waals surface area contributed by atoms with Gasteiger partial charge in [0.25, 0.3) is 0 Å². The third-order valence-corrected chi connectivity index (χ3v) is 10.7. The van der Waals surface area contributed by atoms with Crippen LogP contribution in [0.4, 0.5) is 5.69 Å². The average molecular weight is 698 g/mol. The van der Waals surface area contributed by atoms with Crippen LogP contribution < -0.4 is 4.90 Å². The molecule has 6 aromatic rings. The molecule has 0 bridgehead atoms. The zero-order valence-corrected chi connectivity index (χ0v) is 29.7. The Morgan fingerprint density at radius 2 is 1.38 bits per heavy atom. The van der Waals surface area contributed by atoms with E-state index < -0.39 is 5.60 Å². The van der Waals surface area contributed by atoms with Crippen molar-refractivity contribution in [1.29, 1.82) is 0 Å². The van der Waals surface area contributed by atoms with E-state index in [0.717, 1.165) is 69.6 Å². The number of rotatable bonds is 10. The van der Waals surface area contributed by atoms with E-state index in [4.69, 9.17) is 0 Å². The molecule has 1 heterocycles. The van der Waals surface area contributed by atoms with Crippen LogP contribution >= 0.6 is 15.9 Å². The molecular weight excluding hydrogens is 652 g/mol. The van der Waals surface area contributed by atoms with Crippen LogP contribution in [0.2, 0.25) is 0 Å².